The Bertz CT molecular complexity index is 964. The zero-order chi connectivity index (χ0) is 20.3. The molecular weight excluding hydrogens is 405 g/mol. The second kappa shape index (κ2) is 8.18. The average molecular weight is 422 g/mol. The van der Waals surface area contributed by atoms with Crippen LogP contribution in [-0.2, 0) is 15.2 Å². The third-order valence-electron chi connectivity index (χ3n) is 4.13. The topological polar surface area (TPSA) is 100 Å². The number of para-hydroxylation sites is 1. The molecule has 1 unspecified atom stereocenters. The number of nitrogens with one attached hydrogen (secondary N) is 2. The molecule has 1 heterocycles. The summed E-state index contributed by atoms with van der Waals surface area (Å²) in [7, 11) is 0. The molecule has 146 valence electrons. The van der Waals surface area contributed by atoms with Gasteiger partial charge in [0.1, 0.15) is 5.75 Å². The van der Waals surface area contributed by atoms with Gasteiger partial charge < -0.3 is 15.2 Å². The van der Waals surface area contributed by atoms with Crippen molar-refractivity contribution in [3.8, 4) is 5.75 Å². The first-order valence-electron chi connectivity index (χ1n) is 8.33. The third-order valence-corrected chi connectivity index (χ3v) is 4.66. The highest BCUT2D eigenvalue weighted by Crippen LogP contribution is 2.38. The molecule has 7 nitrogen and oxygen atoms in total. The number of nitrogens with zero attached hydrogens (tertiary/aromatic N) is 1. The first-order chi connectivity index (χ1) is 13.3. The summed E-state index contributed by atoms with van der Waals surface area (Å²) in [6.45, 7) is 1.29. The Hall–Kier alpha value is -2.61. The summed E-state index contributed by atoms with van der Waals surface area (Å²) in [5.74, 6) is -0.737. The summed E-state index contributed by atoms with van der Waals surface area (Å²) < 4.78 is 5.32. The van der Waals surface area contributed by atoms with Crippen molar-refractivity contribution in [1.29, 1.82) is 0 Å². The first kappa shape index (κ1) is 20.1. The fourth-order valence-corrected chi connectivity index (χ4v) is 3.27. The summed E-state index contributed by atoms with van der Waals surface area (Å²) >= 11 is 11.8. The predicted molar refractivity (Wildman–Crippen MR) is 107 cm³/mol. The average Bonchev–Trinajstić information content (AvgIpc) is 2.90. The molecule has 0 bridgehead atoms. The van der Waals surface area contributed by atoms with E-state index >= 15 is 0 Å². The Morgan fingerprint density at radius 2 is 2.04 bits per heavy atom. The first-order valence-corrected chi connectivity index (χ1v) is 9.08. The van der Waals surface area contributed by atoms with Crippen molar-refractivity contribution in [2.45, 2.75) is 18.9 Å². The molecule has 0 saturated carbocycles. The SMILES string of the molecule is C/C(CC1(O)C(=O)Nc2ccccc21)=N\NC(=O)COc1ccc(Cl)cc1Cl. The zero-order valence-electron chi connectivity index (χ0n) is 14.8. The van der Waals surface area contributed by atoms with E-state index < -0.39 is 17.4 Å². The second-order valence-corrected chi connectivity index (χ2v) is 7.13. The fraction of sp³-hybridized carbons (Fsp3) is 0.211. The molecule has 3 N–H and O–H groups in total. The van der Waals surface area contributed by atoms with E-state index in [1.165, 1.54) is 6.07 Å². The Balaban J connectivity index is 1.58. The molecule has 0 aliphatic carbocycles. The van der Waals surface area contributed by atoms with E-state index in [0.29, 0.717) is 27.7 Å². The van der Waals surface area contributed by atoms with Crippen LogP contribution in [0.15, 0.2) is 47.6 Å². The van der Waals surface area contributed by atoms with Crippen LogP contribution in [0.2, 0.25) is 10.0 Å². The Labute approximate surface area is 171 Å². The molecule has 2 amide bonds. The summed E-state index contributed by atoms with van der Waals surface area (Å²) in [6, 6.07) is 11.5. The normalized spacial score (nSPS) is 18.4. The number of hydrazone groups is 1. The van der Waals surface area contributed by atoms with Crippen LogP contribution in [0.1, 0.15) is 18.9 Å². The van der Waals surface area contributed by atoms with Crippen LogP contribution in [0.5, 0.6) is 5.75 Å². The third kappa shape index (κ3) is 4.27. The van der Waals surface area contributed by atoms with E-state index in [0.717, 1.165) is 0 Å². The van der Waals surface area contributed by atoms with Crippen LogP contribution in [0, 0.1) is 0 Å². The van der Waals surface area contributed by atoms with E-state index in [-0.39, 0.29) is 18.1 Å². The number of rotatable bonds is 6. The highest BCUT2D eigenvalue weighted by Gasteiger charge is 2.45. The number of halogens is 2. The lowest BCUT2D eigenvalue weighted by Gasteiger charge is -2.20. The molecule has 0 aromatic heterocycles. The Kier molecular flexibility index (Phi) is 5.88. The molecular formula is C19H17Cl2N3O4. The molecule has 3 rings (SSSR count). The van der Waals surface area contributed by atoms with Gasteiger partial charge in [0.2, 0.25) is 0 Å². The minimum absolute atomic E-state index is 0.0694. The smallest absolute Gasteiger partial charge is 0.277 e. The van der Waals surface area contributed by atoms with Crippen LogP contribution < -0.4 is 15.5 Å². The molecule has 28 heavy (non-hydrogen) atoms. The number of amides is 2. The summed E-state index contributed by atoms with van der Waals surface area (Å²) in [5, 5.41) is 18.1. The van der Waals surface area contributed by atoms with Crippen molar-refractivity contribution in [3.05, 3.63) is 58.1 Å². The standard InChI is InChI=1S/C19H17Cl2N3O4/c1-11(9-19(27)13-4-2-3-5-15(13)22-18(19)26)23-24-17(25)10-28-16-7-6-12(20)8-14(16)21/h2-8,27H,9-10H2,1H3,(H,22,26)(H,24,25)/b23-11+. The van der Waals surface area contributed by atoms with Gasteiger partial charge in [-0.25, -0.2) is 5.43 Å². The number of fused-ring (bicyclic) bond motifs is 1. The lowest BCUT2D eigenvalue weighted by Crippen LogP contribution is -2.36. The van der Waals surface area contributed by atoms with Crippen molar-refractivity contribution >= 4 is 46.4 Å². The zero-order valence-corrected chi connectivity index (χ0v) is 16.3. The minimum atomic E-state index is -1.73. The van der Waals surface area contributed by atoms with Gasteiger partial charge in [0, 0.05) is 28.4 Å². The molecule has 2 aromatic carbocycles. The minimum Gasteiger partial charge on any atom is -0.482 e. The lowest BCUT2D eigenvalue weighted by atomic mass is 9.90. The van der Waals surface area contributed by atoms with Gasteiger partial charge in [0.25, 0.3) is 11.8 Å². The molecule has 9 heteroatoms. The highest BCUT2D eigenvalue weighted by atomic mass is 35.5. The van der Waals surface area contributed by atoms with Gasteiger partial charge in [0.05, 0.1) is 5.02 Å². The van der Waals surface area contributed by atoms with E-state index in [9.17, 15) is 14.7 Å². The van der Waals surface area contributed by atoms with Gasteiger partial charge in [-0.3, -0.25) is 9.59 Å². The summed E-state index contributed by atoms with van der Waals surface area (Å²) in [6.07, 6.45) is -0.0694. The number of carbonyl (C=O) groups is 2. The van der Waals surface area contributed by atoms with Crippen LogP contribution in [0.3, 0.4) is 0 Å². The van der Waals surface area contributed by atoms with Crippen LogP contribution in [0.4, 0.5) is 5.69 Å². The Morgan fingerprint density at radius 3 is 2.79 bits per heavy atom. The largest absolute Gasteiger partial charge is 0.482 e. The molecule has 1 atom stereocenters. The maximum absolute atomic E-state index is 12.2. The highest BCUT2D eigenvalue weighted by molar-refractivity contribution is 6.35. The second-order valence-electron chi connectivity index (χ2n) is 6.28. The van der Waals surface area contributed by atoms with Crippen LogP contribution in [-0.4, -0.2) is 29.2 Å². The number of carbonyl (C=O) groups excluding carboxylic acids is 2. The number of hydrogen-bond donors (Lipinski definition) is 3. The quantitative estimate of drug-likeness (QED) is 0.492. The van der Waals surface area contributed by atoms with Gasteiger partial charge in [-0.05, 0) is 31.2 Å². The van der Waals surface area contributed by atoms with Gasteiger partial charge in [0.15, 0.2) is 12.2 Å². The predicted octanol–water partition coefficient (Wildman–Crippen LogP) is 3.09. The Morgan fingerprint density at radius 1 is 1.29 bits per heavy atom. The molecule has 0 fully saturated rings. The lowest BCUT2D eigenvalue weighted by molar-refractivity contribution is -0.132. The number of benzene rings is 2. The van der Waals surface area contributed by atoms with E-state index in [2.05, 4.69) is 15.8 Å². The van der Waals surface area contributed by atoms with Gasteiger partial charge >= 0.3 is 0 Å². The van der Waals surface area contributed by atoms with Crippen molar-refractivity contribution < 1.29 is 19.4 Å². The number of ether oxygens (including phenoxy) is 1. The van der Waals surface area contributed by atoms with Crippen LogP contribution >= 0.6 is 23.2 Å². The van der Waals surface area contributed by atoms with Crippen molar-refractivity contribution in [3.63, 3.8) is 0 Å². The maximum atomic E-state index is 12.2. The van der Waals surface area contributed by atoms with E-state index in [1.807, 2.05) is 0 Å². The van der Waals surface area contributed by atoms with Gasteiger partial charge in [-0.15, -0.1) is 0 Å². The number of aliphatic hydroxyl groups is 1. The van der Waals surface area contributed by atoms with Gasteiger partial charge in [-0.2, -0.15) is 5.10 Å². The summed E-state index contributed by atoms with van der Waals surface area (Å²) in [4.78, 5) is 24.1. The molecule has 0 spiro atoms. The molecule has 1 aliphatic rings. The van der Waals surface area contributed by atoms with E-state index in [1.54, 1.807) is 43.3 Å². The molecule has 0 saturated heterocycles. The number of hydrogen-bond acceptors (Lipinski definition) is 5. The molecule has 2 aromatic rings. The monoisotopic (exact) mass is 421 g/mol. The van der Waals surface area contributed by atoms with Crippen LogP contribution in [0.25, 0.3) is 0 Å². The fourth-order valence-electron chi connectivity index (χ4n) is 2.81. The summed E-state index contributed by atoms with van der Waals surface area (Å²) in [5.41, 5.74) is 1.99. The van der Waals surface area contributed by atoms with Crippen molar-refractivity contribution in [2.75, 3.05) is 11.9 Å². The van der Waals surface area contributed by atoms with E-state index in [4.69, 9.17) is 27.9 Å². The van der Waals surface area contributed by atoms with Crippen molar-refractivity contribution in [2.24, 2.45) is 5.10 Å². The van der Waals surface area contributed by atoms with Gasteiger partial charge in [-0.1, -0.05) is 41.4 Å². The maximum Gasteiger partial charge on any atom is 0.277 e. The van der Waals surface area contributed by atoms with Crippen molar-refractivity contribution in [1.82, 2.24) is 5.43 Å². The molecule has 0 radical (unpaired) electrons. The molecule has 1 aliphatic heterocycles. The number of anilines is 1.